The number of anilines is 2. The Morgan fingerprint density at radius 2 is 1.16 bits per heavy atom. The number of fused-ring (bicyclic) bond motifs is 1. The van der Waals surface area contributed by atoms with E-state index in [9.17, 15) is 16.8 Å². The highest BCUT2D eigenvalue weighted by Gasteiger charge is 2.19. The second-order valence-electron chi connectivity index (χ2n) is 6.90. The normalized spacial score (nSPS) is 13.8. The van der Waals surface area contributed by atoms with Crippen LogP contribution in [0, 0.1) is 0 Å². The molecule has 2 N–H and O–H groups in total. The number of halogens is 1. The van der Waals surface area contributed by atoms with E-state index in [-0.39, 0.29) is 21.2 Å². The standard InChI is InChI=1S/C21H19ClN2O6S2/c22-15-2-8-18(9-3-15)31(25,26)23-16-4-6-17(7-5-16)24-32(27,28)19-10-11-20-21(14-19)30-13-1-12-29-20/h2-11,14,23-24H,1,12-13H2. The summed E-state index contributed by atoms with van der Waals surface area (Å²) in [6.07, 6.45) is 0.711. The first kappa shape index (κ1) is 22.3. The Balaban J connectivity index is 1.48. The Kier molecular flexibility index (Phi) is 6.18. The zero-order chi connectivity index (χ0) is 22.8. The van der Waals surface area contributed by atoms with Crippen molar-refractivity contribution < 1.29 is 26.3 Å². The maximum atomic E-state index is 12.8. The number of ether oxygens (including phenoxy) is 2. The molecule has 32 heavy (non-hydrogen) atoms. The molecule has 1 aliphatic heterocycles. The average Bonchev–Trinajstić information content (AvgIpc) is 3.00. The molecule has 3 aromatic rings. The summed E-state index contributed by atoms with van der Waals surface area (Å²) in [6.45, 7) is 0.947. The van der Waals surface area contributed by atoms with Crippen LogP contribution in [0.1, 0.15) is 6.42 Å². The Morgan fingerprint density at radius 3 is 1.75 bits per heavy atom. The van der Waals surface area contributed by atoms with Crippen molar-refractivity contribution in [3.63, 3.8) is 0 Å². The van der Waals surface area contributed by atoms with Crippen LogP contribution < -0.4 is 18.9 Å². The van der Waals surface area contributed by atoms with Crippen LogP contribution in [0.15, 0.2) is 76.5 Å². The molecule has 0 bridgehead atoms. The van der Waals surface area contributed by atoms with E-state index in [0.717, 1.165) is 0 Å². The lowest BCUT2D eigenvalue weighted by Crippen LogP contribution is -2.14. The van der Waals surface area contributed by atoms with E-state index in [2.05, 4.69) is 9.44 Å². The molecule has 0 unspecified atom stereocenters. The molecule has 0 saturated carbocycles. The van der Waals surface area contributed by atoms with Crippen LogP contribution in [-0.4, -0.2) is 30.0 Å². The molecule has 1 heterocycles. The third-order valence-corrected chi connectivity index (χ3v) is 7.57. The molecule has 0 spiro atoms. The van der Waals surface area contributed by atoms with Crippen molar-refractivity contribution in [2.75, 3.05) is 22.7 Å². The van der Waals surface area contributed by atoms with Crippen molar-refractivity contribution in [3.05, 3.63) is 71.8 Å². The number of benzene rings is 3. The summed E-state index contributed by atoms with van der Waals surface area (Å²) in [4.78, 5) is 0.0790. The molecule has 0 aromatic heterocycles. The van der Waals surface area contributed by atoms with Crippen molar-refractivity contribution in [1.29, 1.82) is 0 Å². The predicted octanol–water partition coefficient (Wildman–Crippen LogP) is 4.10. The molecule has 1 aliphatic rings. The highest BCUT2D eigenvalue weighted by atomic mass is 35.5. The fourth-order valence-electron chi connectivity index (χ4n) is 2.96. The fraction of sp³-hybridized carbons (Fsp3) is 0.143. The van der Waals surface area contributed by atoms with E-state index in [1.165, 1.54) is 60.7 Å². The predicted molar refractivity (Wildman–Crippen MR) is 122 cm³/mol. The summed E-state index contributed by atoms with van der Waals surface area (Å²) < 4.78 is 66.4. The van der Waals surface area contributed by atoms with E-state index >= 15 is 0 Å². The van der Waals surface area contributed by atoms with Gasteiger partial charge in [-0.2, -0.15) is 0 Å². The molecule has 8 nitrogen and oxygen atoms in total. The van der Waals surface area contributed by atoms with E-state index in [0.29, 0.717) is 36.2 Å². The van der Waals surface area contributed by atoms with Crippen LogP contribution in [0.4, 0.5) is 11.4 Å². The topological polar surface area (TPSA) is 111 Å². The number of nitrogens with one attached hydrogen (secondary N) is 2. The Morgan fingerprint density at radius 1 is 0.656 bits per heavy atom. The first-order chi connectivity index (χ1) is 15.2. The van der Waals surface area contributed by atoms with Crippen LogP contribution in [0.5, 0.6) is 11.5 Å². The summed E-state index contributed by atoms with van der Waals surface area (Å²) in [6, 6.07) is 16.0. The molecular weight excluding hydrogens is 476 g/mol. The minimum absolute atomic E-state index is 0.0225. The van der Waals surface area contributed by atoms with E-state index in [1.54, 1.807) is 6.07 Å². The summed E-state index contributed by atoms with van der Waals surface area (Å²) >= 11 is 5.79. The van der Waals surface area contributed by atoms with Gasteiger partial charge in [0, 0.05) is 28.9 Å². The van der Waals surface area contributed by atoms with Gasteiger partial charge in [-0.3, -0.25) is 9.44 Å². The number of sulfonamides is 2. The SMILES string of the molecule is O=S(=O)(Nc1ccc(NS(=O)(=O)c2ccc3c(c2)OCCCO3)cc1)c1ccc(Cl)cc1. The van der Waals surface area contributed by atoms with Crippen LogP contribution in [0.25, 0.3) is 0 Å². The lowest BCUT2D eigenvalue weighted by atomic mass is 10.3. The van der Waals surface area contributed by atoms with Gasteiger partial charge < -0.3 is 9.47 Å². The molecule has 0 aliphatic carbocycles. The molecule has 0 saturated heterocycles. The third-order valence-electron chi connectivity index (χ3n) is 4.54. The minimum atomic E-state index is -3.89. The largest absolute Gasteiger partial charge is 0.490 e. The molecule has 0 amide bonds. The smallest absolute Gasteiger partial charge is 0.262 e. The molecule has 11 heteroatoms. The minimum Gasteiger partial charge on any atom is -0.490 e. The Bertz CT molecular complexity index is 1330. The molecule has 3 aromatic carbocycles. The van der Waals surface area contributed by atoms with Gasteiger partial charge in [0.2, 0.25) is 0 Å². The van der Waals surface area contributed by atoms with Crippen molar-refractivity contribution in [3.8, 4) is 11.5 Å². The summed E-state index contributed by atoms with van der Waals surface area (Å²) in [7, 11) is -7.70. The summed E-state index contributed by atoms with van der Waals surface area (Å²) in [5.74, 6) is 0.871. The van der Waals surface area contributed by atoms with Gasteiger partial charge in [0.05, 0.1) is 23.0 Å². The van der Waals surface area contributed by atoms with Gasteiger partial charge in [-0.05, 0) is 60.7 Å². The van der Waals surface area contributed by atoms with Gasteiger partial charge in [0.1, 0.15) is 0 Å². The maximum absolute atomic E-state index is 12.8. The zero-order valence-corrected chi connectivity index (χ0v) is 19.0. The number of hydrogen-bond acceptors (Lipinski definition) is 6. The molecule has 0 radical (unpaired) electrons. The Hall–Kier alpha value is -2.95. The highest BCUT2D eigenvalue weighted by Crippen LogP contribution is 2.32. The Labute approximate surface area is 191 Å². The molecular formula is C21H19ClN2O6S2. The van der Waals surface area contributed by atoms with Crippen LogP contribution in [0.3, 0.4) is 0 Å². The van der Waals surface area contributed by atoms with Crippen LogP contribution >= 0.6 is 11.6 Å². The van der Waals surface area contributed by atoms with Crippen LogP contribution in [0.2, 0.25) is 5.02 Å². The lowest BCUT2D eigenvalue weighted by molar-refractivity contribution is 0.297. The summed E-state index contributed by atoms with van der Waals surface area (Å²) in [5, 5.41) is 0.425. The summed E-state index contributed by atoms with van der Waals surface area (Å²) in [5.41, 5.74) is 0.546. The van der Waals surface area contributed by atoms with Crippen LogP contribution in [-0.2, 0) is 20.0 Å². The van der Waals surface area contributed by atoms with Crippen molar-refractivity contribution in [2.24, 2.45) is 0 Å². The first-order valence-corrected chi connectivity index (χ1v) is 12.9. The second-order valence-corrected chi connectivity index (χ2v) is 10.7. The van der Waals surface area contributed by atoms with E-state index in [4.69, 9.17) is 21.1 Å². The quantitative estimate of drug-likeness (QED) is 0.533. The highest BCUT2D eigenvalue weighted by molar-refractivity contribution is 7.93. The zero-order valence-electron chi connectivity index (χ0n) is 16.6. The fourth-order valence-corrected chi connectivity index (χ4v) is 5.22. The molecule has 0 fully saturated rings. The lowest BCUT2D eigenvalue weighted by Gasteiger charge is -2.12. The monoisotopic (exact) mass is 494 g/mol. The van der Waals surface area contributed by atoms with Gasteiger partial charge in [0.15, 0.2) is 11.5 Å². The average molecular weight is 495 g/mol. The molecule has 4 rings (SSSR count). The second kappa shape index (κ2) is 8.89. The maximum Gasteiger partial charge on any atom is 0.262 e. The van der Waals surface area contributed by atoms with Crippen molar-refractivity contribution in [2.45, 2.75) is 16.2 Å². The van der Waals surface area contributed by atoms with Gasteiger partial charge in [-0.15, -0.1) is 0 Å². The van der Waals surface area contributed by atoms with Crippen molar-refractivity contribution >= 4 is 43.0 Å². The first-order valence-electron chi connectivity index (χ1n) is 9.54. The van der Waals surface area contributed by atoms with E-state index in [1.807, 2.05) is 0 Å². The van der Waals surface area contributed by atoms with Gasteiger partial charge in [0.25, 0.3) is 20.0 Å². The van der Waals surface area contributed by atoms with E-state index < -0.39 is 20.0 Å². The van der Waals surface area contributed by atoms with Gasteiger partial charge in [-0.1, -0.05) is 11.6 Å². The number of rotatable bonds is 6. The van der Waals surface area contributed by atoms with Gasteiger partial charge >= 0.3 is 0 Å². The van der Waals surface area contributed by atoms with Crippen molar-refractivity contribution in [1.82, 2.24) is 0 Å². The third kappa shape index (κ3) is 5.09. The van der Waals surface area contributed by atoms with Gasteiger partial charge in [-0.25, -0.2) is 16.8 Å². The molecule has 0 atom stereocenters. The number of hydrogen-bond donors (Lipinski definition) is 2. The molecule has 168 valence electrons.